The minimum atomic E-state index is -0.595. The first kappa shape index (κ1) is 14.0. The van der Waals surface area contributed by atoms with Crippen molar-refractivity contribution >= 4 is 37.5 Å². The number of halogens is 4. The van der Waals surface area contributed by atoms with Crippen molar-refractivity contribution in [3.63, 3.8) is 0 Å². The van der Waals surface area contributed by atoms with Crippen molar-refractivity contribution in [3.8, 4) is 0 Å². The molecule has 0 amide bonds. The Kier molecular flexibility index (Phi) is 3.82. The first-order valence-electron chi connectivity index (χ1n) is 6.24. The number of anilines is 1. The maximum absolute atomic E-state index is 13.8. The minimum absolute atomic E-state index is 0.0503. The third-order valence-corrected chi connectivity index (χ3v) is 4.90. The van der Waals surface area contributed by atoms with E-state index < -0.39 is 11.6 Å². The summed E-state index contributed by atoms with van der Waals surface area (Å²) in [7, 11) is 0. The van der Waals surface area contributed by atoms with Crippen LogP contribution in [-0.2, 0) is 6.42 Å². The fraction of sp³-hybridized carbons (Fsp3) is 0.200. The standard InChI is InChI=1S/C15H11Br2F2N/c16-10-3-1-2-9-8(10)4-5-14(9)20-15-6-11(17)12(18)7-13(15)19/h1-3,6-7,14,20H,4-5H2. The summed E-state index contributed by atoms with van der Waals surface area (Å²) < 4.78 is 28.4. The molecule has 104 valence electrons. The molecular formula is C15H11Br2F2N. The first-order valence-corrected chi connectivity index (χ1v) is 7.83. The Hall–Kier alpha value is -0.940. The predicted octanol–water partition coefficient (Wildman–Crippen LogP) is 5.59. The lowest BCUT2D eigenvalue weighted by molar-refractivity contribution is 0.578. The Morgan fingerprint density at radius 1 is 1.05 bits per heavy atom. The summed E-state index contributed by atoms with van der Waals surface area (Å²) in [5.41, 5.74) is 2.74. The van der Waals surface area contributed by atoms with Gasteiger partial charge in [0, 0.05) is 10.5 Å². The first-order chi connectivity index (χ1) is 9.56. The van der Waals surface area contributed by atoms with Crippen LogP contribution in [0.2, 0.25) is 0 Å². The molecule has 3 rings (SSSR count). The summed E-state index contributed by atoms with van der Waals surface area (Å²) in [5, 5.41) is 3.17. The summed E-state index contributed by atoms with van der Waals surface area (Å²) in [6.45, 7) is 0. The number of rotatable bonds is 2. The highest BCUT2D eigenvalue weighted by molar-refractivity contribution is 9.10. The Labute approximate surface area is 132 Å². The van der Waals surface area contributed by atoms with Crippen LogP contribution in [0.25, 0.3) is 0 Å². The van der Waals surface area contributed by atoms with Crippen LogP contribution in [0.4, 0.5) is 14.5 Å². The Morgan fingerprint density at radius 2 is 1.85 bits per heavy atom. The van der Waals surface area contributed by atoms with Crippen molar-refractivity contribution < 1.29 is 8.78 Å². The van der Waals surface area contributed by atoms with E-state index in [1.807, 2.05) is 18.2 Å². The van der Waals surface area contributed by atoms with E-state index in [4.69, 9.17) is 0 Å². The van der Waals surface area contributed by atoms with E-state index in [0.717, 1.165) is 23.4 Å². The lowest BCUT2D eigenvalue weighted by Crippen LogP contribution is -2.08. The number of fused-ring (bicyclic) bond motifs is 1. The molecule has 0 spiro atoms. The second-order valence-corrected chi connectivity index (χ2v) is 6.50. The zero-order valence-electron chi connectivity index (χ0n) is 10.4. The van der Waals surface area contributed by atoms with Crippen LogP contribution in [0.5, 0.6) is 0 Å². The van der Waals surface area contributed by atoms with E-state index in [9.17, 15) is 8.78 Å². The van der Waals surface area contributed by atoms with Crippen LogP contribution >= 0.6 is 31.9 Å². The van der Waals surface area contributed by atoms with Gasteiger partial charge in [-0.05, 0) is 52.0 Å². The van der Waals surface area contributed by atoms with Crippen LogP contribution in [0, 0.1) is 11.6 Å². The average molecular weight is 403 g/mol. The monoisotopic (exact) mass is 401 g/mol. The van der Waals surface area contributed by atoms with E-state index in [1.165, 1.54) is 17.2 Å². The molecule has 2 aromatic carbocycles. The van der Waals surface area contributed by atoms with Crippen LogP contribution in [0.15, 0.2) is 39.3 Å². The molecule has 0 saturated carbocycles. The molecule has 0 heterocycles. The molecule has 0 fully saturated rings. The molecule has 0 saturated heterocycles. The van der Waals surface area contributed by atoms with E-state index in [1.54, 1.807) is 0 Å². The summed E-state index contributed by atoms with van der Waals surface area (Å²) in [6, 6.07) is 8.41. The molecule has 2 aromatic rings. The molecule has 20 heavy (non-hydrogen) atoms. The van der Waals surface area contributed by atoms with Gasteiger partial charge in [0.2, 0.25) is 0 Å². The molecule has 1 N–H and O–H groups in total. The number of hydrogen-bond donors (Lipinski definition) is 1. The number of benzene rings is 2. The van der Waals surface area contributed by atoms with Crippen LogP contribution in [0.3, 0.4) is 0 Å². The quantitative estimate of drug-likeness (QED) is 0.645. The fourth-order valence-corrected chi connectivity index (χ4v) is 3.50. The third-order valence-electron chi connectivity index (χ3n) is 3.55. The number of nitrogens with one attached hydrogen (secondary N) is 1. The van der Waals surface area contributed by atoms with Gasteiger partial charge in [-0.3, -0.25) is 0 Å². The summed E-state index contributed by atoms with van der Waals surface area (Å²) >= 11 is 6.62. The largest absolute Gasteiger partial charge is 0.376 e. The van der Waals surface area contributed by atoms with Gasteiger partial charge in [0.05, 0.1) is 16.2 Å². The van der Waals surface area contributed by atoms with Gasteiger partial charge in [0.15, 0.2) is 0 Å². The highest BCUT2D eigenvalue weighted by Crippen LogP contribution is 2.38. The molecule has 1 aliphatic rings. The zero-order chi connectivity index (χ0) is 14.3. The molecule has 0 radical (unpaired) electrons. The van der Waals surface area contributed by atoms with Gasteiger partial charge in [-0.1, -0.05) is 28.1 Å². The Balaban J connectivity index is 1.91. The molecular weight excluding hydrogens is 392 g/mol. The molecule has 0 aromatic heterocycles. The van der Waals surface area contributed by atoms with Crippen molar-refractivity contribution in [2.75, 3.05) is 5.32 Å². The van der Waals surface area contributed by atoms with Crippen LogP contribution < -0.4 is 5.32 Å². The summed E-state index contributed by atoms with van der Waals surface area (Å²) in [6.07, 6.45) is 1.84. The predicted molar refractivity (Wildman–Crippen MR) is 82.9 cm³/mol. The zero-order valence-corrected chi connectivity index (χ0v) is 13.6. The Bertz CT molecular complexity index is 673. The molecule has 0 bridgehead atoms. The van der Waals surface area contributed by atoms with E-state index >= 15 is 0 Å². The van der Waals surface area contributed by atoms with Crippen molar-refractivity contribution in [2.24, 2.45) is 0 Å². The third kappa shape index (κ3) is 2.49. The smallest absolute Gasteiger partial charge is 0.149 e. The van der Waals surface area contributed by atoms with E-state index in [2.05, 4.69) is 37.2 Å². The molecule has 1 unspecified atom stereocenters. The van der Waals surface area contributed by atoms with Gasteiger partial charge in [0.25, 0.3) is 0 Å². The average Bonchev–Trinajstić information content (AvgIpc) is 2.81. The second kappa shape index (κ2) is 5.45. The van der Waals surface area contributed by atoms with E-state index in [-0.39, 0.29) is 10.5 Å². The SMILES string of the molecule is Fc1cc(F)c(NC2CCc3c(Br)cccc32)cc1Br. The summed E-state index contributed by atoms with van der Waals surface area (Å²) in [4.78, 5) is 0. The number of hydrogen-bond acceptors (Lipinski definition) is 1. The van der Waals surface area contributed by atoms with Crippen molar-refractivity contribution in [1.82, 2.24) is 0 Å². The highest BCUT2D eigenvalue weighted by Gasteiger charge is 2.24. The normalized spacial score (nSPS) is 17.1. The van der Waals surface area contributed by atoms with Crippen LogP contribution in [-0.4, -0.2) is 0 Å². The van der Waals surface area contributed by atoms with Crippen LogP contribution in [0.1, 0.15) is 23.6 Å². The highest BCUT2D eigenvalue weighted by atomic mass is 79.9. The maximum atomic E-state index is 13.8. The molecule has 1 nitrogen and oxygen atoms in total. The lowest BCUT2D eigenvalue weighted by atomic mass is 10.1. The summed E-state index contributed by atoms with van der Waals surface area (Å²) in [5.74, 6) is -1.17. The molecule has 0 aliphatic heterocycles. The topological polar surface area (TPSA) is 12.0 Å². The van der Waals surface area contributed by atoms with E-state index in [0.29, 0.717) is 5.69 Å². The van der Waals surface area contributed by atoms with Gasteiger partial charge in [0.1, 0.15) is 11.6 Å². The molecule has 5 heteroatoms. The van der Waals surface area contributed by atoms with Crippen molar-refractivity contribution in [3.05, 3.63) is 62.0 Å². The fourth-order valence-electron chi connectivity index (χ4n) is 2.58. The lowest BCUT2D eigenvalue weighted by Gasteiger charge is -2.17. The van der Waals surface area contributed by atoms with Gasteiger partial charge in [-0.25, -0.2) is 8.78 Å². The van der Waals surface area contributed by atoms with Crippen molar-refractivity contribution in [1.29, 1.82) is 0 Å². The second-order valence-electron chi connectivity index (χ2n) is 4.79. The van der Waals surface area contributed by atoms with Gasteiger partial charge in [-0.2, -0.15) is 0 Å². The maximum Gasteiger partial charge on any atom is 0.149 e. The minimum Gasteiger partial charge on any atom is -0.376 e. The Morgan fingerprint density at radius 3 is 2.65 bits per heavy atom. The van der Waals surface area contributed by atoms with Gasteiger partial charge in [-0.15, -0.1) is 0 Å². The molecule has 1 atom stereocenters. The van der Waals surface area contributed by atoms with Crippen molar-refractivity contribution in [2.45, 2.75) is 18.9 Å². The van der Waals surface area contributed by atoms with Gasteiger partial charge < -0.3 is 5.32 Å². The molecule has 1 aliphatic carbocycles. The van der Waals surface area contributed by atoms with Gasteiger partial charge >= 0.3 is 0 Å².